The molecule has 1 aliphatic carbocycles. The highest BCUT2D eigenvalue weighted by molar-refractivity contribution is 8.07. The lowest BCUT2D eigenvalue weighted by atomic mass is 9.99. The van der Waals surface area contributed by atoms with Gasteiger partial charge in [-0.2, -0.15) is 11.8 Å². The fraction of sp³-hybridized carbons (Fsp3) is 0.526. The normalized spacial score (nSPS) is 27.4. The first-order chi connectivity index (χ1) is 12.5. The van der Waals surface area contributed by atoms with Crippen molar-refractivity contribution in [2.45, 2.75) is 53.5 Å². The Labute approximate surface area is 159 Å². The van der Waals surface area contributed by atoms with Crippen LogP contribution in [0.1, 0.15) is 32.1 Å². The molecule has 1 aromatic carbocycles. The van der Waals surface area contributed by atoms with Gasteiger partial charge in [0.15, 0.2) is 0 Å². The zero-order valence-corrected chi connectivity index (χ0v) is 16.5. The van der Waals surface area contributed by atoms with Crippen LogP contribution in [0.3, 0.4) is 0 Å². The number of hydrogen-bond donors (Lipinski definition) is 1. The molecule has 0 spiro atoms. The SMILES string of the molecule is COC(=O)CCC/C=C\C[C@H]1[C@H]2S[C@H]2C[C@@H]1NS(=O)(=O)c1ccccc1. The van der Waals surface area contributed by atoms with Gasteiger partial charge < -0.3 is 4.74 Å². The molecule has 1 heterocycles. The van der Waals surface area contributed by atoms with Crippen molar-refractivity contribution in [2.24, 2.45) is 5.92 Å². The van der Waals surface area contributed by atoms with Crippen LogP contribution in [-0.4, -0.2) is 38.0 Å². The van der Waals surface area contributed by atoms with Crippen molar-refractivity contribution in [3.05, 3.63) is 42.5 Å². The summed E-state index contributed by atoms with van der Waals surface area (Å²) in [6, 6.07) is 8.55. The van der Waals surface area contributed by atoms with Gasteiger partial charge in [-0.15, -0.1) is 0 Å². The van der Waals surface area contributed by atoms with E-state index in [0.29, 0.717) is 27.7 Å². The molecule has 5 nitrogen and oxygen atoms in total. The minimum atomic E-state index is -3.47. The summed E-state index contributed by atoms with van der Waals surface area (Å²) in [5.41, 5.74) is 0. The molecule has 1 aromatic rings. The molecule has 0 radical (unpaired) electrons. The standard InChI is InChI=1S/C19H25NO4S2/c1-24-18(21)12-8-3-2-7-11-15-16(13-17-19(15)25-17)20-26(22,23)14-9-5-4-6-10-14/h2,4-7,9-10,15-17,19-20H,3,8,11-13H2,1H3/b7-2-/t15-,16+,17+,19-/m1/s1. The Morgan fingerprint density at radius 2 is 2.08 bits per heavy atom. The molecule has 3 rings (SSSR count). The summed E-state index contributed by atoms with van der Waals surface area (Å²) in [5, 5.41) is 1.16. The van der Waals surface area contributed by atoms with Crippen molar-refractivity contribution in [2.75, 3.05) is 7.11 Å². The van der Waals surface area contributed by atoms with Crippen LogP contribution in [0.15, 0.2) is 47.4 Å². The first kappa shape index (κ1) is 19.5. The van der Waals surface area contributed by atoms with Crippen molar-refractivity contribution in [1.29, 1.82) is 0 Å². The number of fused-ring (bicyclic) bond motifs is 1. The van der Waals surface area contributed by atoms with Crippen molar-refractivity contribution in [3.8, 4) is 0 Å². The first-order valence-corrected chi connectivity index (χ1v) is 11.4. The van der Waals surface area contributed by atoms with Gasteiger partial charge >= 0.3 is 5.97 Å². The molecule has 4 atom stereocenters. The van der Waals surface area contributed by atoms with E-state index < -0.39 is 10.0 Å². The Hall–Kier alpha value is -1.31. The number of benzene rings is 1. The maximum atomic E-state index is 12.6. The smallest absolute Gasteiger partial charge is 0.305 e. The number of unbranched alkanes of at least 4 members (excludes halogenated alkanes) is 1. The molecule has 1 saturated heterocycles. The summed E-state index contributed by atoms with van der Waals surface area (Å²) in [5.74, 6) is 0.155. The van der Waals surface area contributed by atoms with E-state index in [1.165, 1.54) is 7.11 Å². The molecular weight excluding hydrogens is 370 g/mol. The molecule has 7 heteroatoms. The average molecular weight is 396 g/mol. The van der Waals surface area contributed by atoms with Crippen molar-refractivity contribution in [3.63, 3.8) is 0 Å². The number of esters is 1. The number of sulfonamides is 1. The van der Waals surface area contributed by atoms with Gasteiger partial charge in [0, 0.05) is 23.0 Å². The van der Waals surface area contributed by atoms with Crippen LogP contribution in [0, 0.1) is 5.92 Å². The lowest BCUT2D eigenvalue weighted by Gasteiger charge is -2.22. The molecule has 1 N–H and O–H groups in total. The minimum Gasteiger partial charge on any atom is -0.469 e. The third kappa shape index (κ3) is 4.90. The van der Waals surface area contributed by atoms with E-state index in [4.69, 9.17) is 0 Å². The highest BCUT2D eigenvalue weighted by Gasteiger charge is 2.54. The molecule has 1 saturated carbocycles. The molecular formula is C19H25NO4S2. The predicted molar refractivity (Wildman–Crippen MR) is 103 cm³/mol. The fourth-order valence-electron chi connectivity index (χ4n) is 3.52. The Bertz CT molecular complexity index is 748. The second-order valence-electron chi connectivity index (χ2n) is 6.76. The number of nitrogens with one attached hydrogen (secondary N) is 1. The van der Waals surface area contributed by atoms with Crippen molar-refractivity contribution >= 4 is 27.8 Å². The summed E-state index contributed by atoms with van der Waals surface area (Å²) in [6.07, 6.45) is 8.04. The van der Waals surface area contributed by atoms with Gasteiger partial charge in [0.05, 0.1) is 12.0 Å². The number of ether oxygens (including phenoxy) is 1. The molecule has 0 unspecified atom stereocenters. The first-order valence-electron chi connectivity index (χ1n) is 8.96. The van der Waals surface area contributed by atoms with E-state index in [1.54, 1.807) is 24.3 Å². The summed E-state index contributed by atoms with van der Waals surface area (Å²) in [4.78, 5) is 11.4. The summed E-state index contributed by atoms with van der Waals surface area (Å²) in [7, 11) is -2.06. The van der Waals surface area contributed by atoms with Gasteiger partial charge in [0.25, 0.3) is 0 Å². The van der Waals surface area contributed by atoms with Crippen LogP contribution in [0.5, 0.6) is 0 Å². The number of allylic oxidation sites excluding steroid dienone is 2. The van der Waals surface area contributed by atoms with E-state index in [-0.39, 0.29) is 12.0 Å². The van der Waals surface area contributed by atoms with Gasteiger partial charge in [-0.3, -0.25) is 4.79 Å². The van der Waals surface area contributed by atoms with E-state index in [2.05, 4.69) is 21.6 Å². The predicted octanol–water partition coefficient (Wildman–Crippen LogP) is 3.13. The molecule has 0 amide bonds. The fourth-order valence-corrected chi connectivity index (χ4v) is 6.28. The van der Waals surface area contributed by atoms with E-state index in [1.807, 2.05) is 17.8 Å². The van der Waals surface area contributed by atoms with Gasteiger partial charge in [-0.1, -0.05) is 30.4 Å². The number of hydrogen-bond acceptors (Lipinski definition) is 5. The second-order valence-corrected chi connectivity index (χ2v) is 9.89. The Morgan fingerprint density at radius 3 is 2.81 bits per heavy atom. The maximum absolute atomic E-state index is 12.6. The quantitative estimate of drug-likeness (QED) is 0.301. The topological polar surface area (TPSA) is 72.5 Å². The number of carbonyl (C=O) groups is 1. The van der Waals surface area contributed by atoms with Crippen molar-refractivity contribution < 1.29 is 17.9 Å². The number of thioether (sulfide) groups is 1. The zero-order chi connectivity index (χ0) is 18.6. The monoisotopic (exact) mass is 395 g/mol. The van der Waals surface area contributed by atoms with Gasteiger partial charge in [-0.25, -0.2) is 13.1 Å². The summed E-state index contributed by atoms with van der Waals surface area (Å²) < 4.78 is 32.7. The molecule has 2 aliphatic rings. The number of rotatable bonds is 9. The van der Waals surface area contributed by atoms with Crippen LogP contribution in [0.2, 0.25) is 0 Å². The van der Waals surface area contributed by atoms with Crippen LogP contribution >= 0.6 is 11.8 Å². The number of methoxy groups -OCH3 is 1. The Morgan fingerprint density at radius 1 is 1.31 bits per heavy atom. The van der Waals surface area contributed by atoms with E-state index in [0.717, 1.165) is 25.7 Å². The average Bonchev–Trinajstić information content (AvgIpc) is 3.32. The lowest BCUT2D eigenvalue weighted by Crippen LogP contribution is -2.39. The van der Waals surface area contributed by atoms with Crippen LogP contribution in [0.25, 0.3) is 0 Å². The molecule has 0 bridgehead atoms. The van der Waals surface area contributed by atoms with Crippen LogP contribution < -0.4 is 4.72 Å². The third-order valence-corrected chi connectivity index (χ3v) is 7.98. The molecule has 2 fully saturated rings. The Balaban J connectivity index is 1.51. The molecule has 1 aliphatic heterocycles. The van der Waals surface area contributed by atoms with Crippen molar-refractivity contribution in [1.82, 2.24) is 4.72 Å². The highest BCUT2D eigenvalue weighted by atomic mass is 32.2. The summed E-state index contributed by atoms with van der Waals surface area (Å²) in [6.45, 7) is 0. The summed E-state index contributed by atoms with van der Waals surface area (Å²) >= 11 is 1.96. The van der Waals surface area contributed by atoms with Crippen LogP contribution in [-0.2, 0) is 19.6 Å². The maximum Gasteiger partial charge on any atom is 0.305 e. The lowest BCUT2D eigenvalue weighted by molar-refractivity contribution is -0.140. The van der Waals surface area contributed by atoms with Gasteiger partial charge in [0.1, 0.15) is 0 Å². The zero-order valence-electron chi connectivity index (χ0n) is 14.8. The second kappa shape index (κ2) is 8.59. The third-order valence-electron chi connectivity index (χ3n) is 4.96. The van der Waals surface area contributed by atoms with Crippen LogP contribution in [0.4, 0.5) is 0 Å². The largest absolute Gasteiger partial charge is 0.469 e. The number of carbonyl (C=O) groups excluding carboxylic acids is 1. The minimum absolute atomic E-state index is 0.00354. The van der Waals surface area contributed by atoms with E-state index in [9.17, 15) is 13.2 Å². The molecule has 142 valence electrons. The Kier molecular flexibility index (Phi) is 6.42. The van der Waals surface area contributed by atoms with Gasteiger partial charge in [0.2, 0.25) is 10.0 Å². The highest BCUT2D eigenvalue weighted by Crippen LogP contribution is 2.57. The molecule has 0 aromatic heterocycles. The molecule has 26 heavy (non-hydrogen) atoms. The van der Waals surface area contributed by atoms with Gasteiger partial charge in [-0.05, 0) is 43.7 Å². The van der Waals surface area contributed by atoms with E-state index >= 15 is 0 Å².